The van der Waals surface area contributed by atoms with Gasteiger partial charge in [-0.2, -0.15) is 0 Å². The summed E-state index contributed by atoms with van der Waals surface area (Å²) in [6.45, 7) is 9.32. The average Bonchev–Trinajstić information content (AvgIpc) is 2.50. The van der Waals surface area contributed by atoms with Crippen LogP contribution in [0.15, 0.2) is 61.2 Å². The molecule has 0 saturated heterocycles. The molecule has 0 aliphatic rings. The number of ether oxygens (including phenoxy) is 1. The molecule has 0 heterocycles. The minimum Gasteiger partial charge on any atom is -0.491 e. The molecule has 1 N–H and O–H groups in total. The summed E-state index contributed by atoms with van der Waals surface area (Å²) >= 11 is 0. The van der Waals surface area contributed by atoms with E-state index in [0.717, 1.165) is 0 Å². The Kier molecular flexibility index (Phi) is 6.47. The summed E-state index contributed by atoms with van der Waals surface area (Å²) in [6, 6.07) is 6.81. The second-order valence-electron chi connectivity index (χ2n) is 4.29. The van der Waals surface area contributed by atoms with Crippen molar-refractivity contribution >= 4 is 5.78 Å². The first-order valence-corrected chi connectivity index (χ1v) is 6.53. The number of aliphatic hydroxyl groups excluding tert-OH is 1. The number of Topliss-reactive ketones (excluding diaryl/α,β-unsaturated/α-hetero) is 1. The number of carbonyl (C=O) groups excluding carboxylic acids is 1. The van der Waals surface area contributed by atoms with Crippen molar-refractivity contribution in [1.29, 1.82) is 0 Å². The van der Waals surface area contributed by atoms with Crippen LogP contribution in [0.4, 0.5) is 0 Å². The quantitative estimate of drug-likeness (QED) is 0.448. The molecule has 0 aliphatic heterocycles. The van der Waals surface area contributed by atoms with Gasteiger partial charge in [0.2, 0.25) is 0 Å². The lowest BCUT2D eigenvalue weighted by molar-refractivity contribution is 0.103. The molecule has 0 aromatic heterocycles. The van der Waals surface area contributed by atoms with E-state index in [2.05, 4.69) is 13.2 Å². The van der Waals surface area contributed by atoms with Crippen LogP contribution in [-0.4, -0.2) is 23.6 Å². The van der Waals surface area contributed by atoms with Gasteiger partial charge in [0, 0.05) is 11.1 Å². The van der Waals surface area contributed by atoms with Crippen molar-refractivity contribution in [2.24, 2.45) is 0 Å². The molecular formula is C17H20O3. The molecule has 1 unspecified atom stereocenters. The fourth-order valence-electron chi connectivity index (χ4n) is 1.54. The first kappa shape index (κ1) is 15.9. The topological polar surface area (TPSA) is 46.5 Å². The van der Waals surface area contributed by atoms with Crippen LogP contribution in [0.25, 0.3) is 0 Å². The lowest BCUT2D eigenvalue weighted by Gasteiger charge is -2.10. The van der Waals surface area contributed by atoms with Crippen molar-refractivity contribution in [3.63, 3.8) is 0 Å². The van der Waals surface area contributed by atoms with Crippen LogP contribution in [0, 0.1) is 0 Å². The number of benzene rings is 1. The van der Waals surface area contributed by atoms with E-state index in [-0.39, 0.29) is 12.4 Å². The lowest BCUT2D eigenvalue weighted by Crippen LogP contribution is -2.16. The minimum absolute atomic E-state index is 0.111. The predicted octanol–water partition coefficient (Wildman–Crippen LogP) is 3.32. The standard InChI is InChI=1S/C17H20O3/c1-4-7-13(5-2)17(19)14-8-10-16(11-9-14)20-12-15(18)6-3/h4-5,7-11,15,18H,1-2,6,12H2,3H3/b13-7+. The summed E-state index contributed by atoms with van der Waals surface area (Å²) < 4.78 is 5.42. The fraction of sp³-hybridized carbons (Fsp3) is 0.235. The number of ketones is 1. The Balaban J connectivity index is 2.75. The van der Waals surface area contributed by atoms with Gasteiger partial charge in [0.25, 0.3) is 0 Å². The van der Waals surface area contributed by atoms with Crippen molar-refractivity contribution in [2.75, 3.05) is 6.61 Å². The minimum atomic E-state index is -0.473. The molecule has 0 bridgehead atoms. The Morgan fingerprint density at radius 1 is 1.35 bits per heavy atom. The Hall–Kier alpha value is -2.13. The molecule has 1 aromatic carbocycles. The number of carbonyl (C=O) groups is 1. The van der Waals surface area contributed by atoms with E-state index in [9.17, 15) is 9.90 Å². The van der Waals surface area contributed by atoms with Gasteiger partial charge >= 0.3 is 0 Å². The molecule has 20 heavy (non-hydrogen) atoms. The molecule has 0 spiro atoms. The smallest absolute Gasteiger partial charge is 0.193 e. The van der Waals surface area contributed by atoms with Gasteiger partial charge in [-0.05, 0) is 30.7 Å². The summed E-state index contributed by atoms with van der Waals surface area (Å²) in [6.07, 6.45) is 4.85. The van der Waals surface area contributed by atoms with Gasteiger partial charge in [-0.3, -0.25) is 4.79 Å². The maximum absolute atomic E-state index is 12.1. The number of allylic oxidation sites excluding steroid dienone is 4. The summed E-state index contributed by atoms with van der Waals surface area (Å²) in [7, 11) is 0. The van der Waals surface area contributed by atoms with E-state index >= 15 is 0 Å². The van der Waals surface area contributed by atoms with Crippen LogP contribution in [0.1, 0.15) is 23.7 Å². The largest absolute Gasteiger partial charge is 0.491 e. The van der Waals surface area contributed by atoms with Crippen molar-refractivity contribution < 1.29 is 14.6 Å². The maximum Gasteiger partial charge on any atom is 0.193 e. The first-order valence-electron chi connectivity index (χ1n) is 6.53. The highest BCUT2D eigenvalue weighted by molar-refractivity contribution is 6.10. The second kappa shape index (κ2) is 8.12. The zero-order valence-corrected chi connectivity index (χ0v) is 11.7. The Morgan fingerprint density at radius 3 is 2.50 bits per heavy atom. The summed E-state index contributed by atoms with van der Waals surface area (Å²) in [5, 5.41) is 9.42. The SMILES string of the molecule is C=C/C=C(\C=C)C(=O)c1ccc(OCC(O)CC)cc1. The molecule has 3 nitrogen and oxygen atoms in total. The normalized spacial score (nSPS) is 12.6. The van der Waals surface area contributed by atoms with E-state index in [1.54, 1.807) is 36.4 Å². The van der Waals surface area contributed by atoms with Gasteiger partial charge in [-0.25, -0.2) is 0 Å². The first-order chi connectivity index (χ1) is 9.62. The van der Waals surface area contributed by atoms with E-state index in [1.165, 1.54) is 6.08 Å². The van der Waals surface area contributed by atoms with Crippen LogP contribution in [-0.2, 0) is 0 Å². The van der Waals surface area contributed by atoms with E-state index in [1.807, 2.05) is 6.92 Å². The molecule has 106 valence electrons. The van der Waals surface area contributed by atoms with Gasteiger partial charge in [0.1, 0.15) is 12.4 Å². The van der Waals surface area contributed by atoms with Crippen LogP contribution < -0.4 is 4.74 Å². The van der Waals surface area contributed by atoms with Gasteiger partial charge in [-0.15, -0.1) is 0 Å². The predicted molar refractivity (Wildman–Crippen MR) is 81.0 cm³/mol. The Bertz CT molecular complexity index is 497. The molecule has 3 heteroatoms. The van der Waals surface area contributed by atoms with Gasteiger partial charge in [0.15, 0.2) is 5.78 Å². The number of aliphatic hydroxyl groups is 1. The van der Waals surface area contributed by atoms with Crippen LogP contribution in [0.2, 0.25) is 0 Å². The summed E-state index contributed by atoms with van der Waals surface area (Å²) in [5.41, 5.74) is 1.05. The zero-order valence-electron chi connectivity index (χ0n) is 11.7. The highest BCUT2D eigenvalue weighted by atomic mass is 16.5. The van der Waals surface area contributed by atoms with Gasteiger partial charge in [0.05, 0.1) is 6.10 Å². The second-order valence-corrected chi connectivity index (χ2v) is 4.29. The van der Waals surface area contributed by atoms with Crippen LogP contribution >= 0.6 is 0 Å². The van der Waals surface area contributed by atoms with Crippen molar-refractivity contribution in [1.82, 2.24) is 0 Å². The highest BCUT2D eigenvalue weighted by Gasteiger charge is 2.09. The molecule has 0 amide bonds. The monoisotopic (exact) mass is 272 g/mol. The molecule has 0 fully saturated rings. The van der Waals surface area contributed by atoms with E-state index < -0.39 is 6.10 Å². The summed E-state index contributed by atoms with van der Waals surface area (Å²) in [4.78, 5) is 12.1. The third-order valence-electron chi connectivity index (χ3n) is 2.81. The van der Waals surface area contributed by atoms with Crippen LogP contribution in [0.3, 0.4) is 0 Å². The van der Waals surface area contributed by atoms with Crippen molar-refractivity contribution in [3.8, 4) is 5.75 Å². The molecular weight excluding hydrogens is 252 g/mol. The average molecular weight is 272 g/mol. The Morgan fingerprint density at radius 2 is 2.00 bits per heavy atom. The molecule has 1 rings (SSSR count). The highest BCUT2D eigenvalue weighted by Crippen LogP contribution is 2.16. The lowest BCUT2D eigenvalue weighted by atomic mass is 10.0. The molecule has 1 atom stereocenters. The molecule has 0 saturated carbocycles. The zero-order chi connectivity index (χ0) is 15.0. The summed E-state index contributed by atoms with van der Waals surface area (Å²) in [5.74, 6) is 0.516. The maximum atomic E-state index is 12.1. The van der Waals surface area contributed by atoms with Crippen molar-refractivity contribution in [3.05, 3.63) is 66.8 Å². The molecule has 0 radical (unpaired) electrons. The van der Waals surface area contributed by atoms with Gasteiger partial charge < -0.3 is 9.84 Å². The molecule has 0 aliphatic carbocycles. The third-order valence-corrected chi connectivity index (χ3v) is 2.81. The fourth-order valence-corrected chi connectivity index (χ4v) is 1.54. The number of hydrogen-bond donors (Lipinski definition) is 1. The van der Waals surface area contributed by atoms with E-state index in [0.29, 0.717) is 23.3 Å². The van der Waals surface area contributed by atoms with E-state index in [4.69, 9.17) is 4.74 Å². The number of rotatable bonds is 8. The van der Waals surface area contributed by atoms with Gasteiger partial charge in [-0.1, -0.05) is 38.3 Å². The third kappa shape index (κ3) is 4.52. The van der Waals surface area contributed by atoms with Crippen molar-refractivity contribution in [2.45, 2.75) is 19.4 Å². The molecule has 1 aromatic rings. The Labute approximate surface area is 119 Å². The van der Waals surface area contributed by atoms with Crippen LogP contribution in [0.5, 0.6) is 5.75 Å². The number of hydrogen-bond acceptors (Lipinski definition) is 3.